The van der Waals surface area contributed by atoms with E-state index in [0.29, 0.717) is 34.0 Å². The number of methoxy groups -OCH3 is 1. The highest BCUT2D eigenvalue weighted by atomic mass is 35.5. The van der Waals surface area contributed by atoms with Crippen molar-refractivity contribution in [3.05, 3.63) is 76.2 Å². The Morgan fingerprint density at radius 2 is 1.97 bits per heavy atom. The average molecular weight is 539 g/mol. The van der Waals surface area contributed by atoms with Gasteiger partial charge in [-0.05, 0) is 100 Å². The van der Waals surface area contributed by atoms with Gasteiger partial charge in [0, 0.05) is 23.1 Å². The topological polar surface area (TPSA) is 80.7 Å². The number of hydrogen-bond acceptors (Lipinski definition) is 6. The van der Waals surface area contributed by atoms with E-state index in [1.165, 1.54) is 12.1 Å². The van der Waals surface area contributed by atoms with Gasteiger partial charge in [-0.25, -0.2) is 9.37 Å². The van der Waals surface area contributed by atoms with E-state index in [1.54, 1.807) is 38.3 Å². The van der Waals surface area contributed by atoms with Crippen molar-refractivity contribution in [3.63, 3.8) is 0 Å². The van der Waals surface area contributed by atoms with Crippen LogP contribution in [-0.2, 0) is 11.1 Å². The second-order valence-electron chi connectivity index (χ2n) is 10.6. The monoisotopic (exact) mass is 538 g/mol. The standard InChI is InChI=1S/C30H32ClFN2O4/c1-29(12-13-33-29)20-16-24(18-4-8-23(32)22(31)14-18)34-28(17-20)30(2,36)11-10-25(35)19-5-9-26(27(15-19)37-3)38-21-6-7-21/h4-5,8-9,14-17,21,33,36H,6-7,10-13H2,1-3H3/t29-,30?/m0/s1. The smallest absolute Gasteiger partial charge is 0.163 e. The number of hydrogen-bond donors (Lipinski definition) is 2. The van der Waals surface area contributed by atoms with Crippen LogP contribution in [0, 0.1) is 5.82 Å². The van der Waals surface area contributed by atoms with Crippen LogP contribution in [0.25, 0.3) is 11.3 Å². The van der Waals surface area contributed by atoms with Gasteiger partial charge in [-0.15, -0.1) is 0 Å². The number of aliphatic hydroxyl groups is 1. The third kappa shape index (κ3) is 5.55. The summed E-state index contributed by atoms with van der Waals surface area (Å²) in [5.41, 5.74) is 1.49. The Balaban J connectivity index is 1.39. The van der Waals surface area contributed by atoms with Crippen LogP contribution < -0.4 is 14.8 Å². The van der Waals surface area contributed by atoms with Crippen molar-refractivity contribution in [2.45, 2.75) is 63.2 Å². The predicted molar refractivity (Wildman–Crippen MR) is 144 cm³/mol. The number of nitrogens with zero attached hydrogens (tertiary/aromatic N) is 1. The van der Waals surface area contributed by atoms with E-state index >= 15 is 0 Å². The Kier molecular flexibility index (Phi) is 7.20. The van der Waals surface area contributed by atoms with Gasteiger partial charge in [-0.2, -0.15) is 0 Å². The number of ketones is 1. The zero-order valence-electron chi connectivity index (χ0n) is 21.8. The summed E-state index contributed by atoms with van der Waals surface area (Å²) < 4.78 is 25.1. The quantitative estimate of drug-likeness (QED) is 0.300. The third-order valence-corrected chi connectivity index (χ3v) is 7.80. The van der Waals surface area contributed by atoms with Gasteiger partial charge in [0.05, 0.1) is 29.6 Å². The van der Waals surface area contributed by atoms with Gasteiger partial charge in [-0.3, -0.25) is 4.79 Å². The third-order valence-electron chi connectivity index (χ3n) is 7.51. The second-order valence-corrected chi connectivity index (χ2v) is 11.1. The summed E-state index contributed by atoms with van der Waals surface area (Å²) in [5, 5.41) is 15.0. The molecular weight excluding hydrogens is 507 g/mol. The van der Waals surface area contributed by atoms with Crippen LogP contribution in [0.3, 0.4) is 0 Å². The predicted octanol–water partition coefficient (Wildman–Crippen LogP) is 6.17. The van der Waals surface area contributed by atoms with Crippen molar-refractivity contribution in [1.29, 1.82) is 0 Å². The fourth-order valence-corrected chi connectivity index (χ4v) is 4.79. The molecule has 2 aromatic carbocycles. The summed E-state index contributed by atoms with van der Waals surface area (Å²) in [6.45, 7) is 4.65. The Morgan fingerprint density at radius 3 is 2.61 bits per heavy atom. The molecule has 0 amide bonds. The summed E-state index contributed by atoms with van der Waals surface area (Å²) >= 11 is 6.04. The van der Waals surface area contributed by atoms with Gasteiger partial charge in [0.1, 0.15) is 11.4 Å². The number of halogens is 2. The van der Waals surface area contributed by atoms with Crippen LogP contribution in [0.2, 0.25) is 5.02 Å². The van der Waals surface area contributed by atoms with Crippen LogP contribution in [0.1, 0.15) is 67.6 Å². The van der Waals surface area contributed by atoms with Crippen LogP contribution >= 0.6 is 11.6 Å². The van der Waals surface area contributed by atoms with E-state index in [0.717, 1.165) is 31.4 Å². The molecule has 1 aromatic heterocycles. The van der Waals surface area contributed by atoms with Crippen LogP contribution in [0.15, 0.2) is 48.5 Å². The van der Waals surface area contributed by atoms with E-state index in [1.807, 2.05) is 12.1 Å². The largest absolute Gasteiger partial charge is 0.493 e. The molecule has 38 heavy (non-hydrogen) atoms. The maximum atomic E-state index is 13.8. The molecule has 2 heterocycles. The number of carbonyl (C=O) groups excluding carboxylic acids is 1. The molecule has 1 aliphatic heterocycles. The number of ether oxygens (including phenoxy) is 2. The van der Waals surface area contributed by atoms with Gasteiger partial charge in [0.2, 0.25) is 0 Å². The van der Waals surface area contributed by atoms with Crippen LogP contribution in [0.5, 0.6) is 11.5 Å². The number of nitrogens with one attached hydrogen (secondary N) is 1. The van der Waals surface area contributed by atoms with Crippen LogP contribution in [-0.4, -0.2) is 35.6 Å². The number of pyridine rings is 1. The minimum absolute atomic E-state index is 0.00516. The van der Waals surface area contributed by atoms with Crippen LogP contribution in [0.4, 0.5) is 4.39 Å². The fraction of sp³-hybridized carbons (Fsp3) is 0.400. The fourth-order valence-electron chi connectivity index (χ4n) is 4.61. The number of benzene rings is 2. The Bertz CT molecular complexity index is 1370. The molecule has 0 radical (unpaired) electrons. The van der Waals surface area contributed by atoms with Gasteiger partial charge >= 0.3 is 0 Å². The molecule has 1 saturated carbocycles. The molecule has 1 unspecified atom stereocenters. The molecule has 200 valence electrons. The van der Waals surface area contributed by atoms with E-state index < -0.39 is 11.4 Å². The van der Waals surface area contributed by atoms with Crippen molar-refractivity contribution in [2.24, 2.45) is 0 Å². The first kappa shape index (κ1) is 26.6. The first-order valence-electron chi connectivity index (χ1n) is 12.9. The number of rotatable bonds is 10. The lowest BCUT2D eigenvalue weighted by Crippen LogP contribution is -2.51. The Hall–Kier alpha value is -3.00. The van der Waals surface area contributed by atoms with Crippen molar-refractivity contribution in [3.8, 4) is 22.8 Å². The lowest BCUT2D eigenvalue weighted by molar-refractivity contribution is 0.0395. The number of carbonyl (C=O) groups is 1. The van der Waals surface area contributed by atoms with E-state index in [4.69, 9.17) is 26.1 Å². The van der Waals surface area contributed by atoms with Crippen molar-refractivity contribution in [2.75, 3.05) is 13.7 Å². The lowest BCUT2D eigenvalue weighted by Gasteiger charge is -2.41. The lowest BCUT2D eigenvalue weighted by atomic mass is 9.81. The van der Waals surface area contributed by atoms with E-state index in [9.17, 15) is 14.3 Å². The molecule has 2 fully saturated rings. The highest BCUT2D eigenvalue weighted by Gasteiger charge is 2.36. The molecular formula is C30H32ClFN2O4. The summed E-state index contributed by atoms with van der Waals surface area (Å²) in [7, 11) is 1.55. The summed E-state index contributed by atoms with van der Waals surface area (Å²) in [6, 6.07) is 13.5. The SMILES string of the molecule is COc1cc(C(=O)CCC(C)(O)c2cc([C@]3(C)CCN3)cc(-c3ccc(F)c(Cl)c3)n2)ccc1OC1CC1. The zero-order chi connectivity index (χ0) is 27.1. The molecule has 1 saturated heterocycles. The minimum Gasteiger partial charge on any atom is -0.493 e. The first-order chi connectivity index (χ1) is 18.1. The molecule has 6 nitrogen and oxygen atoms in total. The van der Waals surface area contributed by atoms with Crippen molar-refractivity contribution >= 4 is 17.4 Å². The normalized spacial score (nSPS) is 20.4. The Labute approximate surface area is 227 Å². The molecule has 0 bridgehead atoms. The number of Topliss-reactive ketones (excluding diaryl/α,β-unsaturated/α-hetero) is 1. The first-order valence-corrected chi connectivity index (χ1v) is 13.3. The second kappa shape index (κ2) is 10.3. The van der Waals surface area contributed by atoms with Crippen molar-refractivity contribution in [1.82, 2.24) is 10.3 Å². The Morgan fingerprint density at radius 1 is 1.21 bits per heavy atom. The van der Waals surface area contributed by atoms with Crippen molar-refractivity contribution < 1.29 is 23.8 Å². The molecule has 2 N–H and O–H groups in total. The summed E-state index contributed by atoms with van der Waals surface area (Å²) in [5.74, 6) is 0.531. The van der Waals surface area contributed by atoms with E-state index in [2.05, 4.69) is 12.2 Å². The summed E-state index contributed by atoms with van der Waals surface area (Å²) in [4.78, 5) is 17.8. The van der Waals surface area contributed by atoms with Gasteiger partial charge in [0.25, 0.3) is 0 Å². The molecule has 2 atom stereocenters. The molecule has 0 spiro atoms. The molecule has 2 aliphatic rings. The van der Waals surface area contributed by atoms with Gasteiger partial charge < -0.3 is 19.9 Å². The highest BCUT2D eigenvalue weighted by Crippen LogP contribution is 2.38. The van der Waals surface area contributed by atoms with Gasteiger partial charge in [-0.1, -0.05) is 11.6 Å². The molecule has 3 aromatic rings. The number of aromatic nitrogens is 1. The van der Waals surface area contributed by atoms with E-state index in [-0.39, 0.29) is 35.3 Å². The summed E-state index contributed by atoms with van der Waals surface area (Å²) in [6.07, 6.45) is 3.48. The maximum Gasteiger partial charge on any atom is 0.163 e. The highest BCUT2D eigenvalue weighted by molar-refractivity contribution is 6.31. The molecule has 8 heteroatoms. The zero-order valence-corrected chi connectivity index (χ0v) is 22.6. The molecule has 1 aliphatic carbocycles. The maximum absolute atomic E-state index is 13.8. The van der Waals surface area contributed by atoms with Gasteiger partial charge in [0.15, 0.2) is 17.3 Å². The molecule has 5 rings (SSSR count). The average Bonchev–Trinajstić information content (AvgIpc) is 3.71. The minimum atomic E-state index is -1.39.